The van der Waals surface area contributed by atoms with Crippen LogP contribution in [0.4, 0.5) is 4.39 Å². The molecule has 152 valence electrons. The molecule has 0 spiro atoms. The minimum atomic E-state index is -1.02. The van der Waals surface area contributed by atoms with E-state index in [-0.39, 0.29) is 29.6 Å². The highest BCUT2D eigenvalue weighted by atomic mass is 35.5. The zero-order valence-electron chi connectivity index (χ0n) is 15.1. The quantitative estimate of drug-likeness (QED) is 0.489. The minimum Gasteiger partial charge on any atom is -0.493 e. The molecule has 0 aliphatic heterocycles. The first-order valence-electron chi connectivity index (χ1n) is 8.55. The van der Waals surface area contributed by atoms with Crippen molar-refractivity contribution in [3.8, 4) is 17.1 Å². The Balaban J connectivity index is 1.59. The molecule has 1 atom stereocenters. The number of benzene rings is 1. The van der Waals surface area contributed by atoms with Crippen LogP contribution < -0.4 is 10.5 Å². The van der Waals surface area contributed by atoms with Gasteiger partial charge in [-0.15, -0.1) is 10.2 Å². The molecule has 0 fully saturated rings. The van der Waals surface area contributed by atoms with E-state index in [0.717, 1.165) is 10.4 Å². The van der Waals surface area contributed by atoms with Gasteiger partial charge in [-0.1, -0.05) is 0 Å². The van der Waals surface area contributed by atoms with E-state index in [1.807, 2.05) is 0 Å². The number of nitrogens with zero attached hydrogens (tertiary/aromatic N) is 6. The van der Waals surface area contributed by atoms with E-state index in [1.165, 1.54) is 12.1 Å². The number of carboxylic acid groups (broad SMARTS) is 1. The number of hydrogen-bond donors (Lipinski definition) is 2. The fourth-order valence-electron chi connectivity index (χ4n) is 2.45. The normalized spacial score (nSPS) is 12.0. The summed E-state index contributed by atoms with van der Waals surface area (Å²) in [6, 6.07) is 3.62. The zero-order chi connectivity index (χ0) is 20.8. The monoisotopic (exact) mass is 421 g/mol. The third-order valence-electron chi connectivity index (χ3n) is 3.80. The summed E-state index contributed by atoms with van der Waals surface area (Å²) in [5.41, 5.74) is 6.67. The van der Waals surface area contributed by atoms with Gasteiger partial charge in [-0.25, -0.2) is 14.4 Å². The maximum atomic E-state index is 14.4. The van der Waals surface area contributed by atoms with E-state index in [4.69, 9.17) is 27.2 Å². The van der Waals surface area contributed by atoms with E-state index in [9.17, 15) is 9.18 Å². The number of carbonyl (C=O) groups is 1. The second-order valence-corrected chi connectivity index (χ2v) is 6.46. The molecule has 3 rings (SSSR count). The molecule has 1 unspecified atom stereocenters. The number of ether oxygens (including phenoxy) is 1. The average molecular weight is 422 g/mol. The summed E-state index contributed by atoms with van der Waals surface area (Å²) < 4.78 is 20.0. The average Bonchev–Trinajstić information content (AvgIpc) is 3.10. The van der Waals surface area contributed by atoms with Crippen LogP contribution in [0.25, 0.3) is 11.4 Å². The Morgan fingerprint density at radius 2 is 2.10 bits per heavy atom. The van der Waals surface area contributed by atoms with Gasteiger partial charge in [0, 0.05) is 30.9 Å². The van der Waals surface area contributed by atoms with E-state index in [2.05, 4.69) is 25.4 Å². The number of tetrazole rings is 1. The zero-order valence-corrected chi connectivity index (χ0v) is 15.8. The molecule has 0 bridgehead atoms. The molecule has 3 aromatic rings. The van der Waals surface area contributed by atoms with Gasteiger partial charge in [-0.2, -0.15) is 4.80 Å². The molecule has 0 radical (unpaired) electrons. The molecule has 0 amide bonds. The summed E-state index contributed by atoms with van der Waals surface area (Å²) in [7, 11) is 0. The lowest BCUT2D eigenvalue weighted by Gasteiger charge is -2.07. The molecule has 29 heavy (non-hydrogen) atoms. The third kappa shape index (κ3) is 5.90. The van der Waals surface area contributed by atoms with Crippen molar-refractivity contribution in [2.75, 3.05) is 6.61 Å². The van der Waals surface area contributed by atoms with Gasteiger partial charge < -0.3 is 15.6 Å². The van der Waals surface area contributed by atoms with Gasteiger partial charge in [0.1, 0.15) is 11.6 Å². The minimum absolute atomic E-state index is 0.0521. The summed E-state index contributed by atoms with van der Waals surface area (Å²) in [6.07, 6.45) is 3.49. The summed E-state index contributed by atoms with van der Waals surface area (Å²) in [6.45, 7) is 0.357. The van der Waals surface area contributed by atoms with Gasteiger partial charge in [-0.05, 0) is 34.5 Å². The fraction of sp³-hybridized carbons (Fsp3) is 0.294. The van der Waals surface area contributed by atoms with Gasteiger partial charge in [0.05, 0.1) is 25.1 Å². The van der Waals surface area contributed by atoms with Crippen molar-refractivity contribution in [1.29, 1.82) is 0 Å². The number of halogens is 2. The molecular weight excluding hydrogens is 405 g/mol. The Labute approximate surface area is 169 Å². The first-order chi connectivity index (χ1) is 13.9. The maximum absolute atomic E-state index is 14.4. The molecule has 1 aromatic carbocycles. The van der Waals surface area contributed by atoms with Crippen molar-refractivity contribution < 1.29 is 19.0 Å². The second-order valence-electron chi connectivity index (χ2n) is 6.13. The SMILES string of the molecule is NC(CC(=O)O)Cn1nnc(-c2ccc(OCCc3cnc(Cl)nc3)cc2F)n1. The molecule has 2 heterocycles. The predicted octanol–water partition coefficient (Wildman–Crippen LogP) is 1.35. The molecule has 0 saturated carbocycles. The number of rotatable bonds is 9. The Hall–Kier alpha value is -3.18. The van der Waals surface area contributed by atoms with Crippen molar-refractivity contribution in [1.82, 2.24) is 30.2 Å². The standard InChI is InChI=1S/C17H17ClFN7O3/c18-17-21-7-10(8-22-17)3-4-29-12-1-2-13(14(19)6-12)16-23-25-26(24-16)9-11(20)5-15(27)28/h1-2,6-8,11H,3-5,9,20H2,(H,27,28). The lowest BCUT2D eigenvalue weighted by atomic mass is 10.2. The maximum Gasteiger partial charge on any atom is 0.304 e. The van der Waals surface area contributed by atoms with Crippen molar-refractivity contribution in [3.05, 3.63) is 47.3 Å². The molecule has 12 heteroatoms. The molecule has 0 saturated heterocycles. The number of aromatic nitrogens is 6. The summed E-state index contributed by atoms with van der Waals surface area (Å²) in [5.74, 6) is -1.19. The number of carboxylic acids is 1. The lowest BCUT2D eigenvalue weighted by Crippen LogP contribution is -2.30. The highest BCUT2D eigenvalue weighted by Gasteiger charge is 2.15. The first kappa shape index (κ1) is 20.6. The number of hydrogen-bond acceptors (Lipinski definition) is 8. The van der Waals surface area contributed by atoms with E-state index in [1.54, 1.807) is 18.5 Å². The highest BCUT2D eigenvalue weighted by Crippen LogP contribution is 2.23. The third-order valence-corrected chi connectivity index (χ3v) is 4.00. The van der Waals surface area contributed by atoms with Crippen molar-refractivity contribution in [3.63, 3.8) is 0 Å². The summed E-state index contributed by atoms with van der Waals surface area (Å²) in [5, 5.41) is 20.5. The Morgan fingerprint density at radius 3 is 2.79 bits per heavy atom. The molecule has 10 nitrogen and oxygen atoms in total. The summed E-state index contributed by atoms with van der Waals surface area (Å²) >= 11 is 5.63. The van der Waals surface area contributed by atoms with Crippen LogP contribution in [-0.2, 0) is 17.8 Å². The Bertz CT molecular complexity index is 983. The van der Waals surface area contributed by atoms with Crippen molar-refractivity contribution in [2.24, 2.45) is 5.73 Å². The van der Waals surface area contributed by atoms with E-state index >= 15 is 0 Å². The van der Waals surface area contributed by atoms with Gasteiger partial charge >= 0.3 is 5.97 Å². The molecule has 3 N–H and O–H groups in total. The van der Waals surface area contributed by atoms with Crippen LogP contribution in [0.1, 0.15) is 12.0 Å². The Kier molecular flexibility index (Phi) is 6.62. The van der Waals surface area contributed by atoms with Crippen LogP contribution in [0.15, 0.2) is 30.6 Å². The first-order valence-corrected chi connectivity index (χ1v) is 8.93. The largest absolute Gasteiger partial charge is 0.493 e. The summed E-state index contributed by atoms with van der Waals surface area (Å²) in [4.78, 5) is 19.5. The van der Waals surface area contributed by atoms with Crippen LogP contribution >= 0.6 is 11.6 Å². The smallest absolute Gasteiger partial charge is 0.304 e. The van der Waals surface area contributed by atoms with E-state index in [0.29, 0.717) is 18.8 Å². The van der Waals surface area contributed by atoms with Gasteiger partial charge in [0.25, 0.3) is 0 Å². The van der Waals surface area contributed by atoms with Crippen LogP contribution in [0.2, 0.25) is 5.28 Å². The van der Waals surface area contributed by atoms with Crippen molar-refractivity contribution in [2.45, 2.75) is 25.4 Å². The van der Waals surface area contributed by atoms with Gasteiger partial charge in [0.15, 0.2) is 0 Å². The van der Waals surface area contributed by atoms with Crippen molar-refractivity contribution >= 4 is 17.6 Å². The van der Waals surface area contributed by atoms with Crippen LogP contribution in [0.3, 0.4) is 0 Å². The fourth-order valence-corrected chi connectivity index (χ4v) is 2.55. The van der Waals surface area contributed by atoms with Crippen LogP contribution in [0, 0.1) is 5.82 Å². The second kappa shape index (κ2) is 9.34. The lowest BCUT2D eigenvalue weighted by molar-refractivity contribution is -0.137. The topological polar surface area (TPSA) is 142 Å². The number of aliphatic carboxylic acids is 1. The van der Waals surface area contributed by atoms with Gasteiger partial charge in [-0.3, -0.25) is 4.79 Å². The van der Waals surface area contributed by atoms with E-state index < -0.39 is 17.8 Å². The molecular formula is C17H17ClFN7O3. The van der Waals surface area contributed by atoms with Crippen LogP contribution in [-0.4, -0.2) is 53.9 Å². The number of nitrogens with two attached hydrogens (primary N) is 1. The predicted molar refractivity (Wildman–Crippen MR) is 99.7 cm³/mol. The highest BCUT2D eigenvalue weighted by molar-refractivity contribution is 6.28. The van der Waals surface area contributed by atoms with Gasteiger partial charge in [0.2, 0.25) is 11.1 Å². The molecule has 2 aromatic heterocycles. The van der Waals surface area contributed by atoms with Crippen LogP contribution in [0.5, 0.6) is 5.75 Å². The molecule has 0 aliphatic carbocycles. The molecule has 0 aliphatic rings. The Morgan fingerprint density at radius 1 is 1.34 bits per heavy atom.